The number of ketones is 1. The van der Waals surface area contributed by atoms with E-state index in [1.165, 1.54) is 64.2 Å². The van der Waals surface area contributed by atoms with Crippen molar-refractivity contribution in [1.82, 2.24) is 0 Å². The Morgan fingerprint density at radius 1 is 0.930 bits per heavy atom. The summed E-state index contributed by atoms with van der Waals surface area (Å²) in [6.07, 6.45) is 18.3. The lowest BCUT2D eigenvalue weighted by atomic mass is 9.59. The first-order valence-corrected chi connectivity index (χ1v) is 17.2. The fraction of sp³-hybridized carbons (Fsp3) is 0.833. The lowest BCUT2D eigenvalue weighted by Crippen LogP contribution is -2.65. The van der Waals surface area contributed by atoms with Crippen molar-refractivity contribution in [2.45, 2.75) is 154 Å². The van der Waals surface area contributed by atoms with Gasteiger partial charge in [-0.3, -0.25) is 9.59 Å². The first-order chi connectivity index (χ1) is 20.3. The minimum Gasteiger partial charge on any atom is -0.455 e. The highest BCUT2D eigenvalue weighted by Gasteiger charge is 2.86. The molecule has 2 fully saturated rings. The van der Waals surface area contributed by atoms with E-state index < -0.39 is 57.8 Å². The van der Waals surface area contributed by atoms with Crippen LogP contribution >= 0.6 is 0 Å². The number of hydrogen-bond acceptors (Lipinski definition) is 7. The average Bonchev–Trinajstić information content (AvgIpc) is 3.40. The van der Waals surface area contributed by atoms with E-state index in [-0.39, 0.29) is 25.4 Å². The number of Topliss-reactive ketones (excluding diaryl/α,β-unsaturated/α-hetero) is 1. The molecule has 0 aromatic heterocycles. The Morgan fingerprint density at radius 2 is 1.47 bits per heavy atom. The number of rotatable bonds is 16. The van der Waals surface area contributed by atoms with Crippen LogP contribution in [0.2, 0.25) is 0 Å². The van der Waals surface area contributed by atoms with Crippen LogP contribution in [0.1, 0.15) is 131 Å². The molecule has 0 aliphatic heterocycles. The summed E-state index contributed by atoms with van der Waals surface area (Å²) in [6, 6.07) is 0. The van der Waals surface area contributed by atoms with Crippen LogP contribution in [0.3, 0.4) is 0 Å². The van der Waals surface area contributed by atoms with E-state index in [9.17, 15) is 30.0 Å². The molecule has 0 amide bonds. The molecule has 4 N–H and O–H groups in total. The summed E-state index contributed by atoms with van der Waals surface area (Å²) in [5, 5.41) is 46.0. The minimum absolute atomic E-state index is 0.0819. The van der Waals surface area contributed by atoms with Gasteiger partial charge < -0.3 is 25.2 Å². The van der Waals surface area contributed by atoms with Crippen molar-refractivity contribution < 1.29 is 34.8 Å². The molecular formula is C36H58O7. The second-order valence-corrected chi connectivity index (χ2v) is 14.8. The van der Waals surface area contributed by atoms with Crippen LogP contribution in [0.25, 0.3) is 0 Å². The summed E-state index contributed by atoms with van der Waals surface area (Å²) < 4.78 is 6.20. The molecule has 7 heteroatoms. The molecule has 0 bridgehead atoms. The van der Waals surface area contributed by atoms with Crippen LogP contribution in [-0.4, -0.2) is 61.7 Å². The van der Waals surface area contributed by atoms with Crippen LogP contribution in [0.5, 0.6) is 0 Å². The van der Waals surface area contributed by atoms with Gasteiger partial charge in [0.25, 0.3) is 0 Å². The maximum atomic E-state index is 13.2. The molecular weight excluding hydrogens is 544 g/mol. The fourth-order valence-corrected chi connectivity index (χ4v) is 9.19. The Kier molecular flexibility index (Phi) is 10.7. The molecule has 0 spiro atoms. The lowest BCUT2D eigenvalue weighted by Gasteiger charge is -2.52. The summed E-state index contributed by atoms with van der Waals surface area (Å²) in [5.41, 5.74) is -4.54. The minimum atomic E-state index is -1.89. The Balaban J connectivity index is 1.34. The molecule has 0 aromatic rings. The summed E-state index contributed by atoms with van der Waals surface area (Å²) in [5.74, 6) is -3.60. The number of aliphatic hydroxyl groups excluding tert-OH is 2. The number of aliphatic hydroxyl groups is 4. The number of esters is 1. The zero-order valence-corrected chi connectivity index (χ0v) is 27.4. The predicted molar refractivity (Wildman–Crippen MR) is 167 cm³/mol. The van der Waals surface area contributed by atoms with Crippen molar-refractivity contribution in [3.05, 3.63) is 23.3 Å². The monoisotopic (exact) mass is 602 g/mol. The van der Waals surface area contributed by atoms with Gasteiger partial charge in [0.1, 0.15) is 11.2 Å². The summed E-state index contributed by atoms with van der Waals surface area (Å²) >= 11 is 0. The predicted octanol–water partition coefficient (Wildman–Crippen LogP) is 5.96. The Bertz CT molecular complexity index is 1080. The molecule has 0 unspecified atom stereocenters. The van der Waals surface area contributed by atoms with Gasteiger partial charge >= 0.3 is 5.97 Å². The Hall–Kier alpha value is -1.54. The Labute approximate surface area is 259 Å². The molecule has 7 nitrogen and oxygen atoms in total. The standard InChI is InChI=1S/C36H58O7/c1-6-7-8-9-10-11-12-13-14-15-16-17-18-19-29(38)43-36-30(33(36,4)5)27-21-26(23-37)22-34(41)28(20-24(2)31(34)39)35(27,42)25(3)32(36)40/h20-21,25,27-28,30,32,37,40-42H,6-19,22-23H2,1-5H3/t25-,27+,28-,30+,32-,34-,35-,36-/m1/s1. The second-order valence-electron chi connectivity index (χ2n) is 14.8. The van der Waals surface area contributed by atoms with E-state index >= 15 is 0 Å². The first kappa shape index (κ1) is 34.3. The van der Waals surface area contributed by atoms with Gasteiger partial charge in [-0.15, -0.1) is 0 Å². The number of ether oxygens (including phenoxy) is 1. The lowest BCUT2D eigenvalue weighted by molar-refractivity contribution is -0.219. The highest BCUT2D eigenvalue weighted by molar-refractivity contribution is 6.04. The van der Waals surface area contributed by atoms with E-state index in [2.05, 4.69) is 6.92 Å². The number of fused-ring (bicyclic) bond motifs is 5. The highest BCUT2D eigenvalue weighted by atomic mass is 16.6. The third-order valence-electron chi connectivity index (χ3n) is 11.8. The fourth-order valence-electron chi connectivity index (χ4n) is 9.19. The molecule has 0 aromatic carbocycles. The quantitative estimate of drug-likeness (QED) is 0.0976. The van der Waals surface area contributed by atoms with E-state index in [4.69, 9.17) is 4.74 Å². The van der Waals surface area contributed by atoms with E-state index in [0.717, 1.165) is 19.3 Å². The average molecular weight is 603 g/mol. The topological polar surface area (TPSA) is 124 Å². The molecule has 4 aliphatic carbocycles. The number of unbranched alkanes of at least 4 members (excludes halogenated alkanes) is 12. The molecule has 0 radical (unpaired) electrons. The van der Waals surface area contributed by atoms with Crippen molar-refractivity contribution in [2.24, 2.45) is 29.1 Å². The van der Waals surface area contributed by atoms with Crippen LogP contribution in [0, 0.1) is 29.1 Å². The molecule has 0 saturated heterocycles. The highest BCUT2D eigenvalue weighted by Crippen LogP contribution is 2.76. The third-order valence-corrected chi connectivity index (χ3v) is 11.8. The maximum Gasteiger partial charge on any atom is 0.306 e. The SMILES string of the molecule is CCCCCCCCCCCCCCCC(=O)O[C@@]12[C@H](O)[C@@H](C)[C@@]3(O)[C@@H](C=C(CO)C[C@]4(O)C(=O)C(C)=C[C@@H]34)[C@H]1C2(C)C. The van der Waals surface area contributed by atoms with Gasteiger partial charge in [-0.1, -0.05) is 117 Å². The Morgan fingerprint density at radius 3 is 2.00 bits per heavy atom. The van der Waals surface area contributed by atoms with Crippen molar-refractivity contribution in [2.75, 3.05) is 6.61 Å². The van der Waals surface area contributed by atoms with Gasteiger partial charge in [0.2, 0.25) is 0 Å². The van der Waals surface area contributed by atoms with Crippen molar-refractivity contribution in [3.8, 4) is 0 Å². The molecule has 4 aliphatic rings. The number of carbonyl (C=O) groups is 2. The van der Waals surface area contributed by atoms with Crippen LogP contribution < -0.4 is 0 Å². The first-order valence-electron chi connectivity index (χ1n) is 17.2. The summed E-state index contributed by atoms with van der Waals surface area (Å²) in [7, 11) is 0. The summed E-state index contributed by atoms with van der Waals surface area (Å²) in [6.45, 7) is 9.13. The summed E-state index contributed by atoms with van der Waals surface area (Å²) in [4.78, 5) is 26.3. The van der Waals surface area contributed by atoms with E-state index in [1.54, 1.807) is 26.0 Å². The second kappa shape index (κ2) is 13.4. The molecule has 43 heavy (non-hydrogen) atoms. The van der Waals surface area contributed by atoms with Crippen molar-refractivity contribution >= 4 is 11.8 Å². The number of hydrogen-bond donors (Lipinski definition) is 4. The maximum absolute atomic E-state index is 13.2. The zero-order chi connectivity index (χ0) is 31.6. The van der Waals surface area contributed by atoms with Crippen LogP contribution in [-0.2, 0) is 14.3 Å². The van der Waals surface area contributed by atoms with Crippen LogP contribution in [0.4, 0.5) is 0 Å². The van der Waals surface area contributed by atoms with Gasteiger partial charge in [-0.2, -0.15) is 0 Å². The van der Waals surface area contributed by atoms with Crippen molar-refractivity contribution in [3.63, 3.8) is 0 Å². The van der Waals surface area contributed by atoms with E-state index in [0.29, 0.717) is 11.1 Å². The smallest absolute Gasteiger partial charge is 0.306 e. The van der Waals surface area contributed by atoms with Crippen molar-refractivity contribution in [1.29, 1.82) is 0 Å². The third kappa shape index (κ3) is 5.93. The molecule has 4 rings (SSSR count). The molecule has 2 saturated carbocycles. The van der Waals surface area contributed by atoms with Crippen LogP contribution in [0.15, 0.2) is 23.3 Å². The largest absolute Gasteiger partial charge is 0.455 e. The zero-order valence-electron chi connectivity index (χ0n) is 27.4. The van der Waals surface area contributed by atoms with Gasteiger partial charge in [0.15, 0.2) is 5.78 Å². The normalized spacial score (nSPS) is 37.5. The van der Waals surface area contributed by atoms with Gasteiger partial charge in [-0.05, 0) is 24.5 Å². The van der Waals surface area contributed by atoms with Gasteiger partial charge in [-0.25, -0.2) is 0 Å². The molecule has 244 valence electrons. The number of carbonyl (C=O) groups excluding carboxylic acids is 2. The van der Waals surface area contributed by atoms with Gasteiger partial charge in [0, 0.05) is 41.9 Å². The van der Waals surface area contributed by atoms with E-state index in [1.807, 2.05) is 13.8 Å². The molecule has 0 heterocycles. The molecule has 8 atom stereocenters. The van der Waals surface area contributed by atoms with Gasteiger partial charge in [0.05, 0.1) is 18.3 Å².